The molecule has 3 aromatic heterocycles. The number of fused-ring (bicyclic) bond motifs is 1. The molecule has 10 heteroatoms. The number of hydrogen-bond acceptors (Lipinski definition) is 6. The van der Waals surface area contributed by atoms with E-state index in [1.54, 1.807) is 28.9 Å². The zero-order chi connectivity index (χ0) is 20.7. The third kappa shape index (κ3) is 3.79. The molecule has 0 amide bonds. The summed E-state index contributed by atoms with van der Waals surface area (Å²) in [7, 11) is 0. The number of halogens is 1. The molecule has 5 rings (SSSR count). The van der Waals surface area contributed by atoms with Gasteiger partial charge in [0.05, 0.1) is 6.20 Å². The van der Waals surface area contributed by atoms with Crippen LogP contribution in [0.2, 0.25) is 5.02 Å². The van der Waals surface area contributed by atoms with Crippen molar-refractivity contribution in [3.8, 4) is 5.88 Å². The number of aromatic nitrogens is 5. The quantitative estimate of drug-likeness (QED) is 0.389. The fourth-order valence-corrected chi connectivity index (χ4v) is 3.32. The van der Waals surface area contributed by atoms with Crippen molar-refractivity contribution in [2.75, 3.05) is 11.9 Å². The van der Waals surface area contributed by atoms with Crippen LogP contribution in [-0.2, 0) is 0 Å². The summed E-state index contributed by atoms with van der Waals surface area (Å²) in [5.74, 6) is 0.966. The number of aromatic amines is 2. The first-order valence-corrected chi connectivity index (χ1v) is 9.88. The third-order valence-electron chi connectivity index (χ3n) is 4.82. The zero-order valence-corrected chi connectivity index (χ0v) is 16.5. The summed E-state index contributed by atoms with van der Waals surface area (Å²) in [5.41, 5.74) is 1.76. The Morgan fingerprint density at radius 3 is 2.93 bits per heavy atom. The Balaban J connectivity index is 1.66. The smallest absolute Gasteiger partial charge is 0.326 e. The van der Waals surface area contributed by atoms with Crippen LogP contribution in [0, 0.1) is 5.92 Å². The van der Waals surface area contributed by atoms with Gasteiger partial charge < -0.3 is 15.4 Å². The highest BCUT2D eigenvalue weighted by molar-refractivity contribution is 6.30. The van der Waals surface area contributed by atoms with Crippen molar-refractivity contribution in [1.82, 2.24) is 24.6 Å². The minimum atomic E-state index is -0.494. The minimum Gasteiger partial charge on any atom is -0.493 e. The van der Waals surface area contributed by atoms with Crippen LogP contribution in [0.4, 0.5) is 11.5 Å². The second kappa shape index (κ2) is 7.34. The van der Waals surface area contributed by atoms with E-state index in [0.29, 0.717) is 33.1 Å². The number of imidazole rings is 1. The van der Waals surface area contributed by atoms with Gasteiger partial charge in [-0.1, -0.05) is 17.7 Å². The first-order chi connectivity index (χ1) is 14.5. The fraction of sp³-hybridized carbons (Fsp3) is 0.200. The van der Waals surface area contributed by atoms with Gasteiger partial charge in [-0.15, -0.1) is 0 Å². The maximum absolute atomic E-state index is 11.4. The number of nitrogens with one attached hydrogen (secondary N) is 3. The molecule has 1 aromatic carbocycles. The summed E-state index contributed by atoms with van der Waals surface area (Å²) in [6.45, 7) is 0.737. The Bertz CT molecular complexity index is 1420. The average Bonchev–Trinajstić information content (AvgIpc) is 3.37. The van der Waals surface area contributed by atoms with Crippen LogP contribution in [-0.4, -0.2) is 36.2 Å². The van der Waals surface area contributed by atoms with Gasteiger partial charge in [0.1, 0.15) is 11.5 Å². The molecule has 30 heavy (non-hydrogen) atoms. The summed E-state index contributed by atoms with van der Waals surface area (Å²) < 4.78 is 1.65. The van der Waals surface area contributed by atoms with Crippen LogP contribution >= 0.6 is 11.6 Å². The normalized spacial score (nSPS) is 15.2. The van der Waals surface area contributed by atoms with Gasteiger partial charge in [0.15, 0.2) is 11.1 Å². The van der Waals surface area contributed by atoms with E-state index in [1.807, 2.05) is 18.2 Å². The second-order valence-corrected chi connectivity index (χ2v) is 7.68. The van der Waals surface area contributed by atoms with E-state index < -0.39 is 5.69 Å². The van der Waals surface area contributed by atoms with E-state index in [-0.39, 0.29) is 11.6 Å². The molecule has 0 spiro atoms. The van der Waals surface area contributed by atoms with E-state index in [1.165, 1.54) is 12.8 Å². The van der Waals surface area contributed by atoms with Gasteiger partial charge in [-0.3, -0.25) is 9.98 Å². The van der Waals surface area contributed by atoms with Crippen molar-refractivity contribution in [3.63, 3.8) is 0 Å². The standard InChI is InChI=1S/C20H18ClN7O2/c21-13-2-1-3-14(7-13)24-16-8-17(22-9-11-4-5-11)28-18(26-16)12(10-23-28)6-15-19(29)27-20(30)25-15/h1-3,6-8,10-11,24,29H,4-5,9H2,(H2,25,27,30)/b12-6+,22-17?. The van der Waals surface area contributed by atoms with E-state index in [0.717, 1.165) is 12.2 Å². The van der Waals surface area contributed by atoms with Crippen molar-refractivity contribution < 1.29 is 5.11 Å². The summed E-state index contributed by atoms with van der Waals surface area (Å²) in [5, 5.41) is 18.8. The number of anilines is 2. The lowest BCUT2D eigenvalue weighted by molar-refractivity contribution is 0.454. The highest BCUT2D eigenvalue weighted by Crippen LogP contribution is 2.28. The molecular weight excluding hydrogens is 406 g/mol. The minimum absolute atomic E-state index is 0.244. The number of aromatic hydroxyl groups is 1. The molecular formula is C20H18ClN7O2. The lowest BCUT2D eigenvalue weighted by Gasteiger charge is -2.07. The summed E-state index contributed by atoms with van der Waals surface area (Å²) in [6, 6.07) is 9.19. The van der Waals surface area contributed by atoms with Gasteiger partial charge >= 0.3 is 5.69 Å². The number of benzene rings is 1. The molecule has 0 atom stereocenters. The first-order valence-electron chi connectivity index (χ1n) is 9.50. The Morgan fingerprint density at radius 1 is 1.33 bits per heavy atom. The Morgan fingerprint density at radius 2 is 2.20 bits per heavy atom. The average molecular weight is 424 g/mol. The molecule has 4 aromatic rings. The van der Waals surface area contributed by atoms with E-state index in [9.17, 15) is 9.90 Å². The lowest BCUT2D eigenvalue weighted by Crippen LogP contribution is -2.20. The predicted octanol–water partition coefficient (Wildman–Crippen LogP) is 1.71. The Kier molecular flexibility index (Phi) is 4.51. The van der Waals surface area contributed by atoms with Crippen LogP contribution in [0.15, 0.2) is 46.3 Å². The summed E-state index contributed by atoms with van der Waals surface area (Å²) in [4.78, 5) is 25.7. The maximum Gasteiger partial charge on any atom is 0.326 e. The Labute approximate surface area is 174 Å². The molecule has 4 N–H and O–H groups in total. The van der Waals surface area contributed by atoms with Crippen molar-refractivity contribution >= 4 is 34.8 Å². The number of nitrogens with zero attached hydrogens (tertiary/aromatic N) is 4. The van der Waals surface area contributed by atoms with Crippen LogP contribution in [0.5, 0.6) is 5.88 Å². The molecule has 9 nitrogen and oxygen atoms in total. The molecule has 0 unspecified atom stereocenters. The van der Waals surface area contributed by atoms with Crippen LogP contribution < -0.4 is 21.7 Å². The summed E-state index contributed by atoms with van der Waals surface area (Å²) >= 11 is 6.09. The van der Waals surface area contributed by atoms with Crippen molar-refractivity contribution in [3.05, 3.63) is 68.4 Å². The molecule has 1 aliphatic carbocycles. The lowest BCUT2D eigenvalue weighted by atomic mass is 10.3. The second-order valence-electron chi connectivity index (χ2n) is 7.24. The number of H-pyrrole nitrogens is 2. The van der Waals surface area contributed by atoms with E-state index in [2.05, 4.69) is 25.4 Å². The topological polar surface area (TPSA) is 123 Å². The van der Waals surface area contributed by atoms with Crippen LogP contribution in [0.3, 0.4) is 0 Å². The van der Waals surface area contributed by atoms with Crippen LogP contribution in [0.25, 0.3) is 11.7 Å². The number of hydrogen-bond donors (Lipinski definition) is 4. The first kappa shape index (κ1) is 18.4. The van der Waals surface area contributed by atoms with Gasteiger partial charge in [0, 0.05) is 28.5 Å². The molecule has 1 saturated carbocycles. The number of rotatable bonds is 5. The van der Waals surface area contributed by atoms with Crippen molar-refractivity contribution in [2.45, 2.75) is 12.8 Å². The van der Waals surface area contributed by atoms with Gasteiger partial charge in [-0.2, -0.15) is 9.61 Å². The molecule has 1 fully saturated rings. The molecule has 0 saturated heterocycles. The SMILES string of the molecule is O=c1[nH]c(O)c(/C=c2\cnn3c(=NCC4CC4)cc(Nc4cccc(Cl)c4)nc23)[nH]1. The van der Waals surface area contributed by atoms with Gasteiger partial charge in [0.25, 0.3) is 0 Å². The monoisotopic (exact) mass is 423 g/mol. The summed E-state index contributed by atoms with van der Waals surface area (Å²) in [6.07, 6.45) is 5.62. The maximum atomic E-state index is 11.4. The van der Waals surface area contributed by atoms with Gasteiger partial charge in [-0.05, 0) is 43.0 Å². The Hall–Kier alpha value is -3.59. The third-order valence-corrected chi connectivity index (χ3v) is 5.06. The molecule has 0 aliphatic heterocycles. The van der Waals surface area contributed by atoms with Crippen molar-refractivity contribution in [1.29, 1.82) is 0 Å². The zero-order valence-electron chi connectivity index (χ0n) is 15.8. The predicted molar refractivity (Wildman–Crippen MR) is 113 cm³/mol. The molecule has 0 radical (unpaired) electrons. The van der Waals surface area contributed by atoms with Gasteiger partial charge in [-0.25, -0.2) is 9.78 Å². The van der Waals surface area contributed by atoms with Gasteiger partial charge in [0.2, 0.25) is 5.88 Å². The molecule has 3 heterocycles. The highest BCUT2D eigenvalue weighted by Gasteiger charge is 2.20. The van der Waals surface area contributed by atoms with Crippen molar-refractivity contribution in [2.24, 2.45) is 10.9 Å². The fourth-order valence-electron chi connectivity index (χ4n) is 3.13. The molecule has 1 aliphatic rings. The molecule has 0 bridgehead atoms. The highest BCUT2D eigenvalue weighted by atomic mass is 35.5. The molecule has 152 valence electrons. The van der Waals surface area contributed by atoms with Crippen LogP contribution in [0.1, 0.15) is 18.5 Å². The largest absolute Gasteiger partial charge is 0.493 e. The van der Waals surface area contributed by atoms with E-state index in [4.69, 9.17) is 16.6 Å². The van der Waals surface area contributed by atoms with E-state index >= 15 is 0 Å².